The highest BCUT2D eigenvalue weighted by atomic mass is 16.6. The lowest BCUT2D eigenvalue weighted by Crippen LogP contribution is -2.47. The van der Waals surface area contributed by atoms with Gasteiger partial charge >= 0.3 is 5.97 Å². The van der Waals surface area contributed by atoms with Crippen molar-refractivity contribution in [2.45, 2.75) is 66.0 Å². The molecule has 3 aliphatic rings. The molecule has 6 atom stereocenters. The topological polar surface area (TPSA) is 55.8 Å². The molecule has 1 aliphatic heterocycles. The van der Waals surface area contributed by atoms with Crippen LogP contribution in [0.1, 0.15) is 47.5 Å². The highest BCUT2D eigenvalue weighted by Gasteiger charge is 2.63. The molecule has 0 aromatic heterocycles. The van der Waals surface area contributed by atoms with Crippen molar-refractivity contribution in [3.63, 3.8) is 0 Å². The zero-order chi connectivity index (χ0) is 14.9. The first-order chi connectivity index (χ1) is 9.13. The minimum Gasteiger partial charge on any atom is -0.459 e. The quantitative estimate of drug-likeness (QED) is 0.637. The summed E-state index contributed by atoms with van der Waals surface area (Å²) in [6, 6.07) is 0. The van der Waals surface area contributed by atoms with E-state index in [-0.39, 0.29) is 34.9 Å². The van der Waals surface area contributed by atoms with Crippen LogP contribution in [-0.2, 0) is 14.3 Å². The van der Waals surface area contributed by atoms with E-state index in [9.17, 15) is 9.90 Å². The summed E-state index contributed by atoms with van der Waals surface area (Å²) in [7, 11) is 0. The summed E-state index contributed by atoms with van der Waals surface area (Å²) < 4.78 is 11.5. The molecule has 20 heavy (non-hydrogen) atoms. The van der Waals surface area contributed by atoms with Crippen LogP contribution >= 0.6 is 0 Å². The Kier molecular flexibility index (Phi) is 3.01. The summed E-state index contributed by atoms with van der Waals surface area (Å²) in [6.45, 7) is 10.4. The second kappa shape index (κ2) is 4.20. The molecular formula is C16H26O4. The minimum absolute atomic E-state index is 0.0572. The lowest BCUT2D eigenvalue weighted by molar-refractivity contribution is -0.238. The molecule has 3 fully saturated rings. The first-order valence-electron chi connectivity index (χ1n) is 7.67. The van der Waals surface area contributed by atoms with Gasteiger partial charge in [-0.25, -0.2) is 0 Å². The monoisotopic (exact) mass is 282 g/mol. The van der Waals surface area contributed by atoms with Crippen molar-refractivity contribution in [2.75, 3.05) is 0 Å². The molecule has 114 valence electrons. The summed E-state index contributed by atoms with van der Waals surface area (Å²) in [6.07, 6.45) is 0.780. The largest absolute Gasteiger partial charge is 0.459 e. The number of hydrogen-bond acceptors (Lipinski definition) is 4. The smallest absolute Gasteiger partial charge is 0.309 e. The molecule has 4 nitrogen and oxygen atoms in total. The van der Waals surface area contributed by atoms with Gasteiger partial charge in [0, 0.05) is 11.3 Å². The summed E-state index contributed by atoms with van der Waals surface area (Å²) in [5.74, 6) is 0.727. The lowest BCUT2D eigenvalue weighted by Gasteiger charge is -2.43. The van der Waals surface area contributed by atoms with Crippen LogP contribution in [0.4, 0.5) is 0 Å². The van der Waals surface area contributed by atoms with Crippen molar-refractivity contribution in [1.82, 2.24) is 0 Å². The number of ether oxygens (including phenoxy) is 2. The molecule has 3 rings (SSSR count). The van der Waals surface area contributed by atoms with Gasteiger partial charge in [0.1, 0.15) is 12.2 Å². The Morgan fingerprint density at radius 1 is 1.25 bits per heavy atom. The van der Waals surface area contributed by atoms with Crippen molar-refractivity contribution in [2.24, 2.45) is 28.6 Å². The van der Waals surface area contributed by atoms with Gasteiger partial charge in [-0.2, -0.15) is 0 Å². The maximum absolute atomic E-state index is 11.7. The SMILES string of the molecule is CC(C)(C)C(C)(C)C(O)OC1C2CC3C(=O)OC1C3C2. The number of fused-ring (bicyclic) bond motifs is 1. The van der Waals surface area contributed by atoms with E-state index in [1.165, 1.54) is 0 Å². The number of carbonyl (C=O) groups excluding carboxylic acids is 1. The summed E-state index contributed by atoms with van der Waals surface area (Å²) in [5.41, 5.74) is -0.435. The molecule has 0 radical (unpaired) electrons. The highest BCUT2D eigenvalue weighted by Crippen LogP contribution is 2.56. The van der Waals surface area contributed by atoms with E-state index in [1.807, 2.05) is 13.8 Å². The first-order valence-corrected chi connectivity index (χ1v) is 7.67. The number of aliphatic hydroxyl groups excluding tert-OH is 1. The highest BCUT2D eigenvalue weighted by molar-refractivity contribution is 5.76. The fourth-order valence-electron chi connectivity index (χ4n) is 3.78. The van der Waals surface area contributed by atoms with E-state index in [2.05, 4.69) is 20.8 Å². The molecule has 4 heteroatoms. The number of aliphatic hydroxyl groups is 1. The Morgan fingerprint density at radius 3 is 2.50 bits per heavy atom. The molecular weight excluding hydrogens is 256 g/mol. The molecule has 1 heterocycles. The third-order valence-electron chi connectivity index (χ3n) is 6.25. The zero-order valence-electron chi connectivity index (χ0n) is 13.1. The van der Waals surface area contributed by atoms with Crippen LogP contribution in [0.15, 0.2) is 0 Å². The zero-order valence-corrected chi connectivity index (χ0v) is 13.1. The fraction of sp³-hybridized carbons (Fsp3) is 0.938. The Hall–Kier alpha value is -0.610. The molecule has 0 spiro atoms. The van der Waals surface area contributed by atoms with E-state index in [0.717, 1.165) is 12.8 Å². The third-order valence-corrected chi connectivity index (χ3v) is 6.25. The van der Waals surface area contributed by atoms with E-state index < -0.39 is 6.29 Å². The second-order valence-corrected chi connectivity index (χ2v) is 8.33. The van der Waals surface area contributed by atoms with Crippen molar-refractivity contribution < 1.29 is 19.4 Å². The summed E-state index contributed by atoms with van der Waals surface area (Å²) in [4.78, 5) is 11.7. The second-order valence-electron chi connectivity index (χ2n) is 8.33. The fourth-order valence-corrected chi connectivity index (χ4v) is 3.78. The van der Waals surface area contributed by atoms with Crippen LogP contribution in [0.5, 0.6) is 0 Å². The van der Waals surface area contributed by atoms with E-state index in [4.69, 9.17) is 9.47 Å². The average molecular weight is 282 g/mol. The van der Waals surface area contributed by atoms with Gasteiger partial charge in [0.05, 0.1) is 5.92 Å². The van der Waals surface area contributed by atoms with Crippen LogP contribution in [0, 0.1) is 28.6 Å². The standard InChI is InChI=1S/C16H26O4/c1-15(2,3)16(4,5)14(18)20-11-8-6-9-10(7-8)13(17)19-12(9)11/h8-12,14,18H,6-7H2,1-5H3. The Balaban J connectivity index is 1.72. The normalized spacial score (nSPS) is 41.1. The van der Waals surface area contributed by atoms with Gasteiger partial charge in [0.2, 0.25) is 0 Å². The molecule has 2 bridgehead atoms. The van der Waals surface area contributed by atoms with Gasteiger partial charge in [-0.1, -0.05) is 34.6 Å². The Morgan fingerprint density at radius 2 is 1.90 bits per heavy atom. The van der Waals surface area contributed by atoms with E-state index in [1.54, 1.807) is 0 Å². The average Bonchev–Trinajstić information content (AvgIpc) is 2.91. The van der Waals surface area contributed by atoms with Crippen molar-refractivity contribution >= 4 is 5.97 Å². The van der Waals surface area contributed by atoms with Gasteiger partial charge in [0.15, 0.2) is 6.29 Å². The van der Waals surface area contributed by atoms with Crippen LogP contribution in [0.3, 0.4) is 0 Å². The number of hydrogen-bond donors (Lipinski definition) is 1. The van der Waals surface area contributed by atoms with Gasteiger partial charge in [0.25, 0.3) is 0 Å². The van der Waals surface area contributed by atoms with Crippen molar-refractivity contribution in [3.05, 3.63) is 0 Å². The minimum atomic E-state index is -0.843. The molecule has 2 saturated carbocycles. The Bertz CT molecular complexity index is 423. The molecule has 0 aromatic carbocycles. The predicted octanol–water partition coefficient (Wildman–Crippen LogP) is 2.34. The van der Waals surface area contributed by atoms with Crippen LogP contribution in [-0.4, -0.2) is 29.6 Å². The van der Waals surface area contributed by atoms with Gasteiger partial charge < -0.3 is 14.6 Å². The molecule has 1 saturated heterocycles. The van der Waals surface area contributed by atoms with Gasteiger partial charge in [-0.15, -0.1) is 0 Å². The predicted molar refractivity (Wildman–Crippen MR) is 73.7 cm³/mol. The van der Waals surface area contributed by atoms with Crippen LogP contribution < -0.4 is 0 Å². The number of rotatable bonds is 3. The van der Waals surface area contributed by atoms with Crippen molar-refractivity contribution in [1.29, 1.82) is 0 Å². The van der Waals surface area contributed by atoms with E-state index in [0.29, 0.717) is 11.8 Å². The molecule has 2 aliphatic carbocycles. The lowest BCUT2D eigenvalue weighted by atomic mass is 9.68. The summed E-state index contributed by atoms with van der Waals surface area (Å²) >= 11 is 0. The third kappa shape index (κ3) is 1.84. The summed E-state index contributed by atoms with van der Waals surface area (Å²) in [5, 5.41) is 10.5. The van der Waals surface area contributed by atoms with Gasteiger partial charge in [-0.05, 0) is 24.2 Å². The number of carbonyl (C=O) groups is 1. The molecule has 0 amide bonds. The Labute approximate surface area is 120 Å². The van der Waals surface area contributed by atoms with Crippen LogP contribution in [0.2, 0.25) is 0 Å². The molecule has 1 N–H and O–H groups in total. The van der Waals surface area contributed by atoms with Crippen LogP contribution in [0.25, 0.3) is 0 Å². The molecule has 0 aromatic rings. The van der Waals surface area contributed by atoms with Gasteiger partial charge in [-0.3, -0.25) is 4.79 Å². The van der Waals surface area contributed by atoms with E-state index >= 15 is 0 Å². The number of esters is 1. The maximum atomic E-state index is 11.7. The maximum Gasteiger partial charge on any atom is 0.309 e. The van der Waals surface area contributed by atoms with Crippen molar-refractivity contribution in [3.8, 4) is 0 Å². The first kappa shape index (κ1) is 14.3. The molecule has 6 unspecified atom stereocenters.